The molecule has 0 bridgehead atoms. The third-order valence-corrected chi connectivity index (χ3v) is 0.900. The number of carbonyl (C=O) groups is 2. The summed E-state index contributed by atoms with van der Waals surface area (Å²) >= 11 is 3.63. The highest BCUT2D eigenvalue weighted by molar-refractivity contribution is 7.81. The lowest BCUT2D eigenvalue weighted by atomic mass is 10.3. The van der Waals surface area contributed by atoms with E-state index >= 15 is 0 Å². The fourth-order valence-electron chi connectivity index (χ4n) is 0.250. The summed E-state index contributed by atoms with van der Waals surface area (Å²) < 4.78 is 0. The number of carbonyl (C=O) groups excluding carboxylic acids is 2. The Balaban J connectivity index is 3.40. The van der Waals surface area contributed by atoms with Crippen LogP contribution in [0.3, 0.4) is 0 Å². The Kier molecular flexibility index (Phi) is 3.26. The van der Waals surface area contributed by atoms with Gasteiger partial charge in [0.15, 0.2) is 5.78 Å². The largest absolute Gasteiger partial charge is 0.369 e. The van der Waals surface area contributed by atoms with Crippen LogP contribution in [0.5, 0.6) is 0 Å². The quantitative estimate of drug-likeness (QED) is 0.397. The molecule has 3 nitrogen and oxygen atoms in total. The van der Waals surface area contributed by atoms with Gasteiger partial charge in [-0.15, -0.1) is 0 Å². The summed E-state index contributed by atoms with van der Waals surface area (Å²) in [5.74, 6) is -0.743. The average Bonchev–Trinajstić information content (AvgIpc) is 1.65. The Morgan fingerprint density at radius 2 is 2.00 bits per heavy atom. The maximum absolute atomic E-state index is 10.2. The molecule has 0 unspecified atom stereocenters. The van der Waals surface area contributed by atoms with Gasteiger partial charge in [0, 0.05) is 5.75 Å². The van der Waals surface area contributed by atoms with E-state index in [1.165, 1.54) is 0 Å². The van der Waals surface area contributed by atoms with Crippen molar-refractivity contribution in [1.82, 2.24) is 0 Å². The maximum Gasteiger partial charge on any atom is 0.224 e. The van der Waals surface area contributed by atoms with Gasteiger partial charge in [-0.2, -0.15) is 12.6 Å². The topological polar surface area (TPSA) is 60.2 Å². The standard InChI is InChI=1S/C4H7NO2S/c5-4(7)1-3(6)2-8/h8H,1-2H2,(H2,5,7). The Hall–Kier alpha value is -0.510. The fourth-order valence-corrected chi connectivity index (χ4v) is 0.362. The van der Waals surface area contributed by atoms with E-state index in [1.807, 2.05) is 0 Å². The molecule has 0 saturated heterocycles. The minimum atomic E-state index is -0.593. The van der Waals surface area contributed by atoms with E-state index in [2.05, 4.69) is 18.4 Å². The molecule has 0 rings (SSSR count). The third kappa shape index (κ3) is 3.67. The predicted molar refractivity (Wildman–Crippen MR) is 32.7 cm³/mol. The van der Waals surface area contributed by atoms with Crippen LogP contribution in [0.15, 0.2) is 0 Å². The molecule has 0 heterocycles. The Morgan fingerprint density at radius 1 is 1.50 bits per heavy atom. The molecular formula is C4H7NO2S. The first-order chi connectivity index (χ1) is 3.66. The van der Waals surface area contributed by atoms with E-state index in [1.54, 1.807) is 0 Å². The smallest absolute Gasteiger partial charge is 0.224 e. The lowest BCUT2D eigenvalue weighted by molar-refractivity contribution is -0.124. The zero-order valence-corrected chi connectivity index (χ0v) is 5.15. The minimum Gasteiger partial charge on any atom is -0.369 e. The zero-order valence-electron chi connectivity index (χ0n) is 4.26. The molecule has 0 aromatic rings. The monoisotopic (exact) mass is 133 g/mol. The van der Waals surface area contributed by atoms with Crippen molar-refractivity contribution >= 4 is 24.3 Å². The maximum atomic E-state index is 10.2. The molecule has 0 aliphatic rings. The van der Waals surface area contributed by atoms with E-state index in [0.29, 0.717) is 0 Å². The summed E-state index contributed by atoms with van der Waals surface area (Å²) in [4.78, 5) is 20.2. The number of rotatable bonds is 3. The molecule has 0 aliphatic carbocycles. The van der Waals surface area contributed by atoms with Crippen molar-refractivity contribution in [2.75, 3.05) is 5.75 Å². The Morgan fingerprint density at radius 3 is 2.12 bits per heavy atom. The summed E-state index contributed by atoms with van der Waals surface area (Å²) in [7, 11) is 0. The number of amides is 1. The fraction of sp³-hybridized carbons (Fsp3) is 0.500. The average molecular weight is 133 g/mol. The minimum absolute atomic E-state index is 0.0862. The van der Waals surface area contributed by atoms with E-state index < -0.39 is 5.91 Å². The van der Waals surface area contributed by atoms with Crippen LogP contribution in [0.2, 0.25) is 0 Å². The normalized spacial score (nSPS) is 8.62. The van der Waals surface area contributed by atoms with Gasteiger partial charge in [-0.1, -0.05) is 0 Å². The van der Waals surface area contributed by atoms with Crippen LogP contribution in [0, 0.1) is 0 Å². The number of hydrogen-bond donors (Lipinski definition) is 2. The van der Waals surface area contributed by atoms with Crippen molar-refractivity contribution in [3.63, 3.8) is 0 Å². The molecule has 0 aromatic heterocycles. The molecule has 0 saturated carbocycles. The van der Waals surface area contributed by atoms with Gasteiger partial charge in [-0.25, -0.2) is 0 Å². The molecule has 0 spiro atoms. The molecule has 4 heteroatoms. The van der Waals surface area contributed by atoms with Gasteiger partial charge in [0.25, 0.3) is 0 Å². The van der Waals surface area contributed by atoms with Crippen LogP contribution in [0.25, 0.3) is 0 Å². The Labute approximate surface area is 52.7 Å². The first kappa shape index (κ1) is 7.49. The van der Waals surface area contributed by atoms with Crippen LogP contribution in [-0.4, -0.2) is 17.4 Å². The van der Waals surface area contributed by atoms with Gasteiger partial charge in [0.1, 0.15) is 0 Å². The van der Waals surface area contributed by atoms with E-state index in [4.69, 9.17) is 0 Å². The van der Waals surface area contributed by atoms with E-state index in [9.17, 15) is 9.59 Å². The highest BCUT2D eigenvalue weighted by Gasteiger charge is 2.01. The lowest BCUT2D eigenvalue weighted by Gasteiger charge is -1.87. The molecule has 0 fully saturated rings. The zero-order chi connectivity index (χ0) is 6.57. The van der Waals surface area contributed by atoms with Crippen molar-refractivity contribution < 1.29 is 9.59 Å². The number of nitrogens with two attached hydrogens (primary N) is 1. The number of primary amides is 1. The van der Waals surface area contributed by atoms with Crippen LogP contribution >= 0.6 is 12.6 Å². The second kappa shape index (κ2) is 3.49. The molecule has 0 aliphatic heterocycles. The van der Waals surface area contributed by atoms with Gasteiger partial charge < -0.3 is 5.73 Å². The summed E-state index contributed by atoms with van der Waals surface area (Å²) in [5.41, 5.74) is 4.68. The molecule has 46 valence electrons. The SMILES string of the molecule is NC(=O)CC(=O)CS. The van der Waals surface area contributed by atoms with E-state index in [-0.39, 0.29) is 18.0 Å². The van der Waals surface area contributed by atoms with Crippen LogP contribution in [0.4, 0.5) is 0 Å². The molecule has 0 aromatic carbocycles. The summed E-state index contributed by atoms with van der Waals surface area (Å²) in [6.45, 7) is 0. The van der Waals surface area contributed by atoms with Crippen molar-refractivity contribution in [2.45, 2.75) is 6.42 Å². The molecule has 0 radical (unpaired) electrons. The lowest BCUT2D eigenvalue weighted by Crippen LogP contribution is -2.16. The van der Waals surface area contributed by atoms with E-state index in [0.717, 1.165) is 0 Å². The second-order valence-electron chi connectivity index (χ2n) is 1.34. The molecule has 8 heavy (non-hydrogen) atoms. The summed E-state index contributed by atoms with van der Waals surface area (Å²) in [6, 6.07) is 0. The van der Waals surface area contributed by atoms with Gasteiger partial charge >= 0.3 is 0 Å². The predicted octanol–water partition coefficient (Wildman–Crippen LogP) is -0.639. The van der Waals surface area contributed by atoms with Crippen molar-refractivity contribution in [3.05, 3.63) is 0 Å². The van der Waals surface area contributed by atoms with Crippen molar-refractivity contribution in [2.24, 2.45) is 5.73 Å². The highest BCUT2D eigenvalue weighted by atomic mass is 32.1. The van der Waals surface area contributed by atoms with Crippen LogP contribution in [0.1, 0.15) is 6.42 Å². The number of hydrogen-bond acceptors (Lipinski definition) is 3. The first-order valence-electron chi connectivity index (χ1n) is 2.07. The number of Topliss-reactive ketones (excluding diaryl/α,β-unsaturated/α-hetero) is 1. The third-order valence-electron chi connectivity index (χ3n) is 0.548. The second-order valence-corrected chi connectivity index (χ2v) is 1.66. The van der Waals surface area contributed by atoms with Gasteiger partial charge in [0.05, 0.1) is 6.42 Å². The first-order valence-corrected chi connectivity index (χ1v) is 2.71. The van der Waals surface area contributed by atoms with Gasteiger partial charge in [0.2, 0.25) is 5.91 Å². The van der Waals surface area contributed by atoms with Crippen molar-refractivity contribution in [1.29, 1.82) is 0 Å². The molecular weight excluding hydrogens is 126 g/mol. The van der Waals surface area contributed by atoms with Gasteiger partial charge in [-0.05, 0) is 0 Å². The van der Waals surface area contributed by atoms with Crippen molar-refractivity contribution in [3.8, 4) is 0 Å². The van der Waals surface area contributed by atoms with Crippen LogP contribution in [-0.2, 0) is 9.59 Å². The van der Waals surface area contributed by atoms with Gasteiger partial charge in [-0.3, -0.25) is 9.59 Å². The molecule has 1 amide bonds. The summed E-state index contributed by atoms with van der Waals surface area (Å²) in [6.07, 6.45) is -0.191. The highest BCUT2D eigenvalue weighted by Crippen LogP contribution is 1.82. The molecule has 2 N–H and O–H groups in total. The number of thiol groups is 1. The summed E-state index contributed by atoms with van der Waals surface area (Å²) in [5, 5.41) is 0. The molecule has 0 atom stereocenters. The Bertz CT molecular complexity index is 113. The number of ketones is 1. The van der Waals surface area contributed by atoms with Crippen LogP contribution < -0.4 is 5.73 Å².